The fraction of sp³-hybridized carbons (Fsp3) is 0.667. The van der Waals surface area contributed by atoms with Crippen LogP contribution in [0.25, 0.3) is 0 Å². The van der Waals surface area contributed by atoms with Gasteiger partial charge in [-0.3, -0.25) is 0 Å². The second-order valence-electron chi connectivity index (χ2n) is 3.57. The second kappa shape index (κ2) is 4.58. The summed E-state index contributed by atoms with van der Waals surface area (Å²) in [4.78, 5) is 11.4. The molecule has 1 saturated heterocycles. The van der Waals surface area contributed by atoms with Crippen molar-refractivity contribution in [1.82, 2.24) is 15.0 Å². The van der Waals surface area contributed by atoms with Gasteiger partial charge in [0.2, 0.25) is 0 Å². The first-order valence-corrected chi connectivity index (χ1v) is 5.14. The summed E-state index contributed by atoms with van der Waals surface area (Å²) in [5.74, 6) is -0.471. The fourth-order valence-electron chi connectivity index (χ4n) is 1.57. The van der Waals surface area contributed by atoms with E-state index in [-0.39, 0.29) is 17.8 Å². The largest absolute Gasteiger partial charge is 0.461 e. The quantitative estimate of drug-likeness (QED) is 0.689. The molecule has 0 spiro atoms. The average molecular weight is 226 g/mol. The first kappa shape index (κ1) is 11.0. The maximum Gasteiger partial charge on any atom is 0.360 e. The summed E-state index contributed by atoms with van der Waals surface area (Å²) in [5.41, 5.74) is 6.02. The molecule has 0 aromatic carbocycles. The maximum atomic E-state index is 11.4. The maximum absolute atomic E-state index is 11.4. The molecule has 0 unspecified atom stereocenters. The summed E-state index contributed by atoms with van der Waals surface area (Å²) in [6.07, 6.45) is 1.54. The second-order valence-corrected chi connectivity index (χ2v) is 3.57. The van der Waals surface area contributed by atoms with Crippen molar-refractivity contribution in [3.8, 4) is 0 Å². The lowest BCUT2D eigenvalue weighted by Crippen LogP contribution is -2.31. The molecule has 16 heavy (non-hydrogen) atoms. The lowest BCUT2D eigenvalue weighted by molar-refractivity contribution is 0.0519. The number of nitrogens with two attached hydrogens (primary N) is 1. The minimum atomic E-state index is -0.471. The zero-order chi connectivity index (χ0) is 11.5. The van der Waals surface area contributed by atoms with Crippen molar-refractivity contribution in [2.75, 3.05) is 19.8 Å². The van der Waals surface area contributed by atoms with Gasteiger partial charge in [0.1, 0.15) is 0 Å². The zero-order valence-electron chi connectivity index (χ0n) is 9.00. The van der Waals surface area contributed by atoms with Crippen LogP contribution in [0.3, 0.4) is 0 Å². The first-order valence-electron chi connectivity index (χ1n) is 5.14. The Morgan fingerprint density at radius 1 is 1.75 bits per heavy atom. The number of hydrogen-bond acceptors (Lipinski definition) is 6. The number of esters is 1. The minimum Gasteiger partial charge on any atom is -0.461 e. The van der Waals surface area contributed by atoms with E-state index in [1.807, 2.05) is 0 Å². The predicted octanol–water partition coefficient (Wildman–Crippen LogP) is -0.647. The van der Waals surface area contributed by atoms with Crippen molar-refractivity contribution in [2.45, 2.75) is 19.0 Å². The molecule has 1 aliphatic heterocycles. The van der Waals surface area contributed by atoms with E-state index in [9.17, 15) is 4.79 Å². The van der Waals surface area contributed by atoms with Crippen LogP contribution in [0.5, 0.6) is 0 Å². The molecule has 2 N–H and O–H groups in total. The van der Waals surface area contributed by atoms with Gasteiger partial charge >= 0.3 is 5.97 Å². The molecule has 1 aliphatic rings. The number of rotatable bonds is 3. The van der Waals surface area contributed by atoms with Gasteiger partial charge in [-0.25, -0.2) is 9.48 Å². The van der Waals surface area contributed by atoms with E-state index in [2.05, 4.69) is 10.3 Å². The fourth-order valence-corrected chi connectivity index (χ4v) is 1.57. The molecule has 1 aromatic rings. The molecule has 0 bridgehead atoms. The molecular weight excluding hydrogens is 212 g/mol. The van der Waals surface area contributed by atoms with E-state index < -0.39 is 5.97 Å². The van der Waals surface area contributed by atoms with Gasteiger partial charge in [0.15, 0.2) is 5.69 Å². The number of nitrogens with zero attached hydrogens (tertiary/aromatic N) is 3. The molecule has 2 heterocycles. The Morgan fingerprint density at radius 2 is 2.56 bits per heavy atom. The molecule has 7 nitrogen and oxygen atoms in total. The highest BCUT2D eigenvalue weighted by molar-refractivity contribution is 5.86. The number of ether oxygens (including phenoxy) is 2. The Balaban J connectivity index is 2.10. The molecule has 0 aliphatic carbocycles. The summed E-state index contributed by atoms with van der Waals surface area (Å²) < 4.78 is 11.6. The predicted molar refractivity (Wildman–Crippen MR) is 53.8 cm³/mol. The van der Waals surface area contributed by atoms with E-state index >= 15 is 0 Å². The Labute approximate surface area is 92.5 Å². The molecule has 1 fully saturated rings. The van der Waals surface area contributed by atoms with Crippen LogP contribution < -0.4 is 5.73 Å². The monoisotopic (exact) mass is 226 g/mol. The molecule has 0 amide bonds. The normalized spacial score (nSPS) is 24.6. The Bertz CT molecular complexity index is 379. The summed E-state index contributed by atoms with van der Waals surface area (Å²) >= 11 is 0. The highest BCUT2D eigenvalue weighted by Gasteiger charge is 2.28. The van der Waals surface area contributed by atoms with Crippen LogP contribution in [0.1, 0.15) is 23.5 Å². The van der Waals surface area contributed by atoms with Crippen molar-refractivity contribution in [1.29, 1.82) is 0 Å². The molecule has 1 aromatic heterocycles. The third-order valence-electron chi connectivity index (χ3n) is 2.43. The zero-order valence-corrected chi connectivity index (χ0v) is 9.00. The standard InChI is InChI=1S/C9H14N4O3/c1-2-16-9(14)7-3-13(12-11-7)8-5-15-4-6(8)10/h3,6,8H,2,4-5,10H2,1H3/t6-,8+/m1/s1. The van der Waals surface area contributed by atoms with Crippen molar-refractivity contribution in [3.63, 3.8) is 0 Å². The van der Waals surface area contributed by atoms with Crippen LogP contribution in [0.15, 0.2) is 6.20 Å². The average Bonchev–Trinajstić information content (AvgIpc) is 2.86. The third-order valence-corrected chi connectivity index (χ3v) is 2.43. The number of carbonyl (C=O) groups excluding carboxylic acids is 1. The van der Waals surface area contributed by atoms with Crippen molar-refractivity contribution in [3.05, 3.63) is 11.9 Å². The van der Waals surface area contributed by atoms with E-state index in [1.165, 1.54) is 6.20 Å². The molecule has 0 radical (unpaired) electrons. The van der Waals surface area contributed by atoms with Gasteiger partial charge in [0, 0.05) is 0 Å². The van der Waals surface area contributed by atoms with Gasteiger partial charge in [0.25, 0.3) is 0 Å². The number of hydrogen-bond donors (Lipinski definition) is 1. The molecule has 2 atom stereocenters. The van der Waals surface area contributed by atoms with E-state index in [0.717, 1.165) is 0 Å². The molecule has 2 rings (SSSR count). The van der Waals surface area contributed by atoms with Gasteiger partial charge < -0.3 is 15.2 Å². The summed E-state index contributed by atoms with van der Waals surface area (Å²) in [7, 11) is 0. The lowest BCUT2D eigenvalue weighted by Gasteiger charge is -2.11. The smallest absolute Gasteiger partial charge is 0.360 e. The summed E-state index contributed by atoms with van der Waals surface area (Å²) in [5, 5.41) is 7.60. The van der Waals surface area contributed by atoms with Crippen LogP contribution in [0.2, 0.25) is 0 Å². The van der Waals surface area contributed by atoms with Crippen LogP contribution in [-0.2, 0) is 9.47 Å². The highest BCUT2D eigenvalue weighted by atomic mass is 16.5. The van der Waals surface area contributed by atoms with Crippen molar-refractivity contribution >= 4 is 5.97 Å². The molecule has 88 valence electrons. The Kier molecular flexibility index (Phi) is 3.16. The number of aromatic nitrogens is 3. The third kappa shape index (κ3) is 2.05. The van der Waals surface area contributed by atoms with E-state index in [0.29, 0.717) is 19.8 Å². The Morgan fingerprint density at radius 3 is 3.19 bits per heavy atom. The SMILES string of the molecule is CCOC(=O)c1cn([C@H]2COC[C@H]2N)nn1. The van der Waals surface area contributed by atoms with Crippen molar-refractivity contribution < 1.29 is 14.3 Å². The lowest BCUT2D eigenvalue weighted by atomic mass is 10.2. The molecular formula is C9H14N4O3. The number of carbonyl (C=O) groups is 1. The Hall–Kier alpha value is -1.47. The topological polar surface area (TPSA) is 92.3 Å². The summed E-state index contributed by atoms with van der Waals surface area (Å²) in [6.45, 7) is 3.05. The van der Waals surface area contributed by atoms with Gasteiger partial charge in [-0.05, 0) is 6.92 Å². The van der Waals surface area contributed by atoms with Crippen LogP contribution in [-0.4, -0.2) is 46.8 Å². The van der Waals surface area contributed by atoms with Crippen LogP contribution in [0, 0.1) is 0 Å². The van der Waals surface area contributed by atoms with Gasteiger partial charge in [-0.15, -0.1) is 5.10 Å². The van der Waals surface area contributed by atoms with Crippen LogP contribution >= 0.6 is 0 Å². The van der Waals surface area contributed by atoms with Gasteiger partial charge in [0.05, 0.1) is 38.1 Å². The molecule has 7 heteroatoms. The van der Waals surface area contributed by atoms with E-state index in [1.54, 1.807) is 11.6 Å². The molecule has 0 saturated carbocycles. The van der Waals surface area contributed by atoms with Crippen LogP contribution in [0.4, 0.5) is 0 Å². The van der Waals surface area contributed by atoms with Gasteiger partial charge in [-0.1, -0.05) is 5.21 Å². The van der Waals surface area contributed by atoms with E-state index in [4.69, 9.17) is 15.2 Å². The highest BCUT2D eigenvalue weighted by Crippen LogP contribution is 2.16. The minimum absolute atomic E-state index is 0.0596. The summed E-state index contributed by atoms with van der Waals surface area (Å²) in [6, 6.07) is -0.174. The first-order chi connectivity index (χ1) is 7.72. The van der Waals surface area contributed by atoms with Crippen molar-refractivity contribution in [2.24, 2.45) is 5.73 Å². The van der Waals surface area contributed by atoms with Gasteiger partial charge in [-0.2, -0.15) is 0 Å².